The summed E-state index contributed by atoms with van der Waals surface area (Å²) in [4.78, 5) is 0. The average molecular weight is 172 g/mol. The Hall–Kier alpha value is -1.04. The highest BCUT2D eigenvalue weighted by molar-refractivity contribution is 5.38. The van der Waals surface area contributed by atoms with Gasteiger partial charge in [0.1, 0.15) is 0 Å². The average Bonchev–Trinajstić information content (AvgIpc) is 2.30. The Morgan fingerprint density at radius 2 is 1.15 bits per heavy atom. The van der Waals surface area contributed by atoms with Gasteiger partial charge in [-0.2, -0.15) is 0 Å². The van der Waals surface area contributed by atoms with Crippen molar-refractivity contribution < 1.29 is 0 Å². The van der Waals surface area contributed by atoms with Crippen LogP contribution in [0, 0.1) is 0 Å². The first-order valence-electron chi connectivity index (χ1n) is 5.20. The lowest BCUT2D eigenvalue weighted by molar-refractivity contribution is 0.710. The van der Waals surface area contributed by atoms with Crippen LogP contribution in [0.2, 0.25) is 0 Å². The number of allylic oxidation sites excluding steroid dienone is 8. The van der Waals surface area contributed by atoms with E-state index < -0.39 is 0 Å². The maximum absolute atomic E-state index is 2.28. The lowest BCUT2D eigenvalue weighted by Gasteiger charge is -2.05. The molecular weight excluding hydrogens is 156 g/mol. The molecule has 2 rings (SSSR count). The Balaban J connectivity index is 2.27. The Morgan fingerprint density at radius 1 is 0.615 bits per heavy atom. The predicted molar refractivity (Wildman–Crippen MR) is 57.5 cm³/mol. The zero-order valence-electron chi connectivity index (χ0n) is 8.00. The monoisotopic (exact) mass is 172 g/mol. The largest absolute Gasteiger partial charge is 0.0623 e. The lowest BCUT2D eigenvalue weighted by Crippen LogP contribution is -1.85. The molecule has 0 aromatic rings. The molecule has 0 heteroatoms. The van der Waals surface area contributed by atoms with Crippen molar-refractivity contribution >= 4 is 0 Å². The Morgan fingerprint density at radius 3 is 1.69 bits per heavy atom. The van der Waals surface area contributed by atoms with Crippen molar-refractivity contribution in [2.45, 2.75) is 32.1 Å². The molecule has 0 amide bonds. The molecule has 0 nitrogen and oxygen atoms in total. The molecule has 0 saturated heterocycles. The number of rotatable bonds is 0. The Kier molecular flexibility index (Phi) is 2.81. The van der Waals surface area contributed by atoms with Crippen LogP contribution in [0.15, 0.2) is 47.6 Å². The topological polar surface area (TPSA) is 0 Å². The molecule has 0 radical (unpaired) electrons. The van der Waals surface area contributed by atoms with Gasteiger partial charge in [0.2, 0.25) is 0 Å². The van der Waals surface area contributed by atoms with Gasteiger partial charge in [-0.05, 0) is 36.8 Å². The molecule has 2 aliphatic carbocycles. The van der Waals surface area contributed by atoms with E-state index >= 15 is 0 Å². The van der Waals surface area contributed by atoms with Gasteiger partial charge in [-0.3, -0.25) is 0 Å². The van der Waals surface area contributed by atoms with E-state index in [1.807, 2.05) is 0 Å². The van der Waals surface area contributed by atoms with Crippen LogP contribution in [0.3, 0.4) is 0 Å². The van der Waals surface area contributed by atoms with Crippen LogP contribution in [0.5, 0.6) is 0 Å². The fourth-order valence-electron chi connectivity index (χ4n) is 1.98. The summed E-state index contributed by atoms with van der Waals surface area (Å²) in [6.07, 6.45) is 19.7. The third-order valence-electron chi connectivity index (χ3n) is 2.73. The summed E-state index contributed by atoms with van der Waals surface area (Å²) in [5, 5.41) is 0. The second kappa shape index (κ2) is 4.27. The molecule has 0 N–H and O–H groups in total. The maximum atomic E-state index is 2.28. The fourth-order valence-corrected chi connectivity index (χ4v) is 1.98. The van der Waals surface area contributed by atoms with Crippen molar-refractivity contribution in [2.75, 3.05) is 0 Å². The summed E-state index contributed by atoms with van der Waals surface area (Å²) < 4.78 is 0. The van der Waals surface area contributed by atoms with Gasteiger partial charge < -0.3 is 0 Å². The third kappa shape index (κ3) is 2.21. The summed E-state index contributed by atoms with van der Waals surface area (Å²) in [7, 11) is 0. The highest BCUT2D eigenvalue weighted by Crippen LogP contribution is 2.26. The standard InChI is InChI=1S/C13H16/c1-2-5-9-13-11-7-3-6-10-12(13)8-4-1/h1-2,4-5,8-9H,3,6-7,10-11H2. The van der Waals surface area contributed by atoms with Crippen LogP contribution < -0.4 is 0 Å². The summed E-state index contributed by atoms with van der Waals surface area (Å²) in [5.41, 5.74) is 3.11. The Bertz CT molecular complexity index is 259. The molecule has 0 aliphatic heterocycles. The minimum Gasteiger partial charge on any atom is -0.0623 e. The molecule has 0 aromatic heterocycles. The second-order valence-electron chi connectivity index (χ2n) is 3.71. The summed E-state index contributed by atoms with van der Waals surface area (Å²) in [5.74, 6) is 0. The molecule has 0 fully saturated rings. The van der Waals surface area contributed by atoms with Gasteiger partial charge in [0.25, 0.3) is 0 Å². The van der Waals surface area contributed by atoms with E-state index in [4.69, 9.17) is 0 Å². The minimum atomic E-state index is 1.27. The first-order chi connectivity index (χ1) is 6.47. The van der Waals surface area contributed by atoms with Crippen LogP contribution in [0.4, 0.5) is 0 Å². The van der Waals surface area contributed by atoms with Crippen LogP contribution in [-0.4, -0.2) is 0 Å². The second-order valence-corrected chi connectivity index (χ2v) is 3.71. The van der Waals surface area contributed by atoms with Gasteiger partial charge in [-0.15, -0.1) is 0 Å². The van der Waals surface area contributed by atoms with Gasteiger partial charge in [0.05, 0.1) is 0 Å². The fraction of sp³-hybridized carbons (Fsp3) is 0.385. The van der Waals surface area contributed by atoms with Crippen molar-refractivity contribution in [3.63, 3.8) is 0 Å². The van der Waals surface area contributed by atoms with E-state index in [1.54, 1.807) is 11.1 Å². The first kappa shape index (κ1) is 8.55. The van der Waals surface area contributed by atoms with Crippen LogP contribution in [-0.2, 0) is 0 Å². The highest BCUT2D eigenvalue weighted by Gasteiger charge is 2.06. The van der Waals surface area contributed by atoms with Crippen LogP contribution >= 0.6 is 0 Å². The summed E-state index contributed by atoms with van der Waals surface area (Å²) in [6.45, 7) is 0. The highest BCUT2D eigenvalue weighted by atomic mass is 14.1. The molecule has 13 heavy (non-hydrogen) atoms. The normalized spacial score (nSPS) is 22.2. The van der Waals surface area contributed by atoms with Gasteiger partial charge in [0.15, 0.2) is 0 Å². The molecule has 68 valence electrons. The Labute approximate surface area is 80.3 Å². The molecule has 0 aromatic carbocycles. The van der Waals surface area contributed by atoms with E-state index in [9.17, 15) is 0 Å². The molecule has 0 bridgehead atoms. The summed E-state index contributed by atoms with van der Waals surface area (Å²) >= 11 is 0. The van der Waals surface area contributed by atoms with Crippen LogP contribution in [0.25, 0.3) is 0 Å². The van der Waals surface area contributed by atoms with Gasteiger partial charge in [-0.1, -0.05) is 42.9 Å². The minimum absolute atomic E-state index is 1.27. The zero-order chi connectivity index (χ0) is 8.93. The van der Waals surface area contributed by atoms with Gasteiger partial charge in [-0.25, -0.2) is 0 Å². The first-order valence-corrected chi connectivity index (χ1v) is 5.20. The van der Waals surface area contributed by atoms with Gasteiger partial charge >= 0.3 is 0 Å². The number of hydrogen-bond acceptors (Lipinski definition) is 0. The van der Waals surface area contributed by atoms with E-state index in [-0.39, 0.29) is 0 Å². The van der Waals surface area contributed by atoms with Crippen molar-refractivity contribution in [1.82, 2.24) is 0 Å². The zero-order valence-corrected chi connectivity index (χ0v) is 8.00. The van der Waals surface area contributed by atoms with Crippen molar-refractivity contribution in [1.29, 1.82) is 0 Å². The van der Waals surface area contributed by atoms with E-state index in [0.29, 0.717) is 0 Å². The molecule has 0 spiro atoms. The van der Waals surface area contributed by atoms with Crippen LogP contribution in [0.1, 0.15) is 32.1 Å². The molecule has 0 atom stereocenters. The van der Waals surface area contributed by atoms with Crippen molar-refractivity contribution in [3.05, 3.63) is 47.6 Å². The summed E-state index contributed by atoms with van der Waals surface area (Å²) in [6, 6.07) is 0. The van der Waals surface area contributed by atoms with E-state index in [2.05, 4.69) is 36.5 Å². The van der Waals surface area contributed by atoms with E-state index in [0.717, 1.165) is 0 Å². The smallest absolute Gasteiger partial charge is 0.0276 e. The molecule has 0 heterocycles. The lowest BCUT2D eigenvalue weighted by atomic mass is 10.0. The predicted octanol–water partition coefficient (Wildman–Crippen LogP) is 3.93. The van der Waals surface area contributed by atoms with Gasteiger partial charge in [0, 0.05) is 0 Å². The van der Waals surface area contributed by atoms with Crippen molar-refractivity contribution in [2.24, 2.45) is 0 Å². The quantitative estimate of drug-likeness (QED) is 0.519. The molecule has 2 aliphatic rings. The SMILES string of the molecule is C1=CC=CC2=C(C=C1)CCCCC2. The molecule has 0 unspecified atom stereocenters. The maximum Gasteiger partial charge on any atom is -0.0276 e. The number of hydrogen-bond donors (Lipinski definition) is 0. The molecular formula is C13H16. The molecule has 0 saturated carbocycles. The van der Waals surface area contributed by atoms with Crippen molar-refractivity contribution in [3.8, 4) is 0 Å². The van der Waals surface area contributed by atoms with E-state index in [1.165, 1.54) is 32.1 Å². The third-order valence-corrected chi connectivity index (χ3v) is 2.73.